The number of likely N-dealkylation sites (tertiary alicyclic amines) is 1. The van der Waals surface area contributed by atoms with Gasteiger partial charge in [0.05, 0.1) is 6.26 Å². The quantitative estimate of drug-likeness (QED) is 0.868. The van der Waals surface area contributed by atoms with Crippen molar-refractivity contribution in [1.29, 1.82) is 0 Å². The van der Waals surface area contributed by atoms with E-state index >= 15 is 0 Å². The van der Waals surface area contributed by atoms with Gasteiger partial charge in [0.2, 0.25) is 0 Å². The normalized spacial score (nSPS) is 24.7. The predicted molar refractivity (Wildman–Crippen MR) is 61.9 cm³/mol. The van der Waals surface area contributed by atoms with E-state index in [-0.39, 0.29) is 0 Å². The first kappa shape index (κ1) is 10.8. The highest BCUT2D eigenvalue weighted by atomic mass is 16.4. The number of furan rings is 1. The summed E-state index contributed by atoms with van der Waals surface area (Å²) in [6.45, 7) is 1.75. The van der Waals surface area contributed by atoms with E-state index in [9.17, 15) is 9.90 Å². The van der Waals surface area contributed by atoms with Gasteiger partial charge in [-0.15, -0.1) is 0 Å². The molecule has 0 aromatic carbocycles. The van der Waals surface area contributed by atoms with Crippen LogP contribution in [0, 0.1) is 0 Å². The summed E-state index contributed by atoms with van der Waals surface area (Å²) in [4.78, 5) is 14.0. The van der Waals surface area contributed by atoms with E-state index in [1.54, 1.807) is 18.4 Å². The first-order chi connectivity index (χ1) is 8.22. The molecule has 1 saturated heterocycles. The number of rotatable bonds is 3. The second-order valence-electron chi connectivity index (χ2n) is 5.13. The molecule has 92 valence electrons. The van der Waals surface area contributed by atoms with Crippen molar-refractivity contribution in [2.24, 2.45) is 0 Å². The molecule has 1 aromatic heterocycles. The Morgan fingerprint density at radius 1 is 1.41 bits per heavy atom. The minimum atomic E-state index is -0.797. The molecule has 1 aliphatic heterocycles. The number of piperidine rings is 1. The monoisotopic (exact) mass is 235 g/mol. The molecule has 4 heteroatoms. The van der Waals surface area contributed by atoms with Crippen molar-refractivity contribution in [3.63, 3.8) is 0 Å². The number of carbonyl (C=O) groups is 1. The summed E-state index contributed by atoms with van der Waals surface area (Å²) in [5, 5.41) is 9.52. The van der Waals surface area contributed by atoms with Crippen LogP contribution in [-0.2, 0) is 10.2 Å². The lowest BCUT2D eigenvalue weighted by molar-refractivity contribution is -0.146. The highest BCUT2D eigenvalue weighted by Gasteiger charge is 2.47. The van der Waals surface area contributed by atoms with Crippen LogP contribution >= 0.6 is 0 Å². The van der Waals surface area contributed by atoms with Gasteiger partial charge in [0, 0.05) is 6.04 Å². The van der Waals surface area contributed by atoms with Crippen LogP contribution in [0.5, 0.6) is 0 Å². The smallest absolute Gasteiger partial charge is 0.317 e. The average Bonchev–Trinajstić information content (AvgIpc) is 3.04. The highest BCUT2D eigenvalue weighted by molar-refractivity contribution is 5.80. The van der Waals surface area contributed by atoms with Crippen LogP contribution in [0.4, 0.5) is 0 Å². The molecule has 2 aliphatic rings. The summed E-state index contributed by atoms with van der Waals surface area (Å²) in [7, 11) is 0. The Kier molecular flexibility index (Phi) is 2.47. The standard InChI is InChI=1S/C13H17NO3/c15-12(16)13(11-2-1-9-17-11)5-7-14(8-6-13)10-3-4-10/h1-2,9-10H,3-8H2,(H,15,16). The van der Waals surface area contributed by atoms with Gasteiger partial charge in [0.15, 0.2) is 0 Å². The maximum Gasteiger partial charge on any atom is 0.317 e. The summed E-state index contributed by atoms with van der Waals surface area (Å²) in [5.41, 5.74) is -0.797. The number of hydrogen-bond donors (Lipinski definition) is 1. The zero-order valence-corrected chi connectivity index (χ0v) is 9.76. The van der Waals surface area contributed by atoms with Gasteiger partial charge in [0.1, 0.15) is 11.2 Å². The van der Waals surface area contributed by atoms with E-state index in [4.69, 9.17) is 4.42 Å². The van der Waals surface area contributed by atoms with Crippen LogP contribution < -0.4 is 0 Å². The Bertz CT molecular complexity index is 400. The summed E-state index contributed by atoms with van der Waals surface area (Å²) in [5.74, 6) is -0.136. The van der Waals surface area contributed by atoms with Crippen LogP contribution in [0.1, 0.15) is 31.4 Å². The average molecular weight is 235 g/mol. The minimum Gasteiger partial charge on any atom is -0.480 e. The molecule has 3 rings (SSSR count). The van der Waals surface area contributed by atoms with Crippen molar-refractivity contribution in [1.82, 2.24) is 4.90 Å². The topological polar surface area (TPSA) is 53.7 Å². The van der Waals surface area contributed by atoms with Crippen molar-refractivity contribution in [3.8, 4) is 0 Å². The molecular formula is C13H17NO3. The highest BCUT2D eigenvalue weighted by Crippen LogP contribution is 2.39. The van der Waals surface area contributed by atoms with E-state index in [0.717, 1.165) is 19.1 Å². The first-order valence-electron chi connectivity index (χ1n) is 6.24. The van der Waals surface area contributed by atoms with E-state index in [1.807, 2.05) is 0 Å². The van der Waals surface area contributed by atoms with Gasteiger partial charge in [-0.25, -0.2) is 0 Å². The second kappa shape index (κ2) is 3.88. The molecular weight excluding hydrogens is 218 g/mol. The van der Waals surface area contributed by atoms with Crippen molar-refractivity contribution in [3.05, 3.63) is 24.2 Å². The summed E-state index contributed by atoms with van der Waals surface area (Å²) in [6.07, 6.45) is 5.44. The third-order valence-corrected chi connectivity index (χ3v) is 4.12. The van der Waals surface area contributed by atoms with Crippen molar-refractivity contribution in [2.75, 3.05) is 13.1 Å². The lowest BCUT2D eigenvalue weighted by Crippen LogP contribution is -2.47. The van der Waals surface area contributed by atoms with E-state index < -0.39 is 11.4 Å². The van der Waals surface area contributed by atoms with Crippen LogP contribution in [0.2, 0.25) is 0 Å². The largest absolute Gasteiger partial charge is 0.480 e. The van der Waals surface area contributed by atoms with Crippen LogP contribution in [0.15, 0.2) is 22.8 Å². The SMILES string of the molecule is O=C(O)C1(c2ccco2)CCN(C2CC2)CC1. The summed E-state index contributed by atoms with van der Waals surface area (Å²) < 4.78 is 5.35. The lowest BCUT2D eigenvalue weighted by Gasteiger charge is -2.37. The number of aliphatic carboxylic acids is 1. The number of hydrogen-bond acceptors (Lipinski definition) is 3. The Morgan fingerprint density at radius 3 is 2.59 bits per heavy atom. The van der Waals surface area contributed by atoms with Gasteiger partial charge >= 0.3 is 5.97 Å². The summed E-state index contributed by atoms with van der Waals surface area (Å²) in [6, 6.07) is 4.28. The molecule has 0 bridgehead atoms. The Balaban J connectivity index is 1.80. The molecule has 0 unspecified atom stereocenters. The molecule has 0 spiro atoms. The molecule has 17 heavy (non-hydrogen) atoms. The van der Waals surface area contributed by atoms with Crippen LogP contribution in [0.25, 0.3) is 0 Å². The zero-order chi connectivity index (χ0) is 11.9. The van der Waals surface area contributed by atoms with Crippen LogP contribution in [-0.4, -0.2) is 35.1 Å². The Morgan fingerprint density at radius 2 is 2.12 bits per heavy atom. The molecule has 1 saturated carbocycles. The van der Waals surface area contributed by atoms with Gasteiger partial charge in [0.25, 0.3) is 0 Å². The molecule has 2 fully saturated rings. The third kappa shape index (κ3) is 1.76. The van der Waals surface area contributed by atoms with Crippen molar-refractivity contribution in [2.45, 2.75) is 37.1 Å². The molecule has 0 amide bonds. The second-order valence-corrected chi connectivity index (χ2v) is 5.13. The molecule has 0 radical (unpaired) electrons. The molecule has 0 atom stereocenters. The maximum atomic E-state index is 11.6. The number of nitrogens with zero attached hydrogens (tertiary/aromatic N) is 1. The van der Waals surface area contributed by atoms with Crippen LogP contribution in [0.3, 0.4) is 0 Å². The maximum absolute atomic E-state index is 11.6. The number of carboxylic acids is 1. The van der Waals surface area contributed by atoms with Crippen molar-refractivity contribution >= 4 is 5.97 Å². The van der Waals surface area contributed by atoms with E-state index in [2.05, 4.69) is 4.90 Å². The first-order valence-corrected chi connectivity index (χ1v) is 6.24. The minimum absolute atomic E-state index is 0.612. The fourth-order valence-corrected chi connectivity index (χ4v) is 2.83. The van der Waals surface area contributed by atoms with E-state index in [0.29, 0.717) is 18.6 Å². The van der Waals surface area contributed by atoms with Gasteiger partial charge in [-0.05, 0) is 50.9 Å². The summed E-state index contributed by atoms with van der Waals surface area (Å²) >= 11 is 0. The van der Waals surface area contributed by atoms with Gasteiger partial charge in [-0.2, -0.15) is 0 Å². The predicted octanol–water partition coefficient (Wildman–Crippen LogP) is 1.86. The number of carboxylic acid groups (broad SMARTS) is 1. The molecule has 4 nitrogen and oxygen atoms in total. The fourth-order valence-electron chi connectivity index (χ4n) is 2.83. The van der Waals surface area contributed by atoms with E-state index in [1.165, 1.54) is 12.8 Å². The Hall–Kier alpha value is -1.29. The lowest BCUT2D eigenvalue weighted by atomic mass is 9.76. The van der Waals surface area contributed by atoms with Gasteiger partial charge in [-0.3, -0.25) is 4.79 Å². The molecule has 1 N–H and O–H groups in total. The molecule has 2 heterocycles. The van der Waals surface area contributed by atoms with Gasteiger partial charge in [-0.1, -0.05) is 0 Å². The fraction of sp³-hybridized carbons (Fsp3) is 0.615. The molecule has 1 aliphatic carbocycles. The van der Waals surface area contributed by atoms with Gasteiger partial charge < -0.3 is 14.4 Å². The van der Waals surface area contributed by atoms with Crippen molar-refractivity contribution < 1.29 is 14.3 Å². The third-order valence-electron chi connectivity index (χ3n) is 4.12. The molecule has 1 aromatic rings. The Labute approximate surface area is 100 Å². The zero-order valence-electron chi connectivity index (χ0n) is 9.76.